The summed E-state index contributed by atoms with van der Waals surface area (Å²) < 4.78 is 0. The summed E-state index contributed by atoms with van der Waals surface area (Å²) in [7, 11) is 3.10. The van der Waals surface area contributed by atoms with Crippen LogP contribution < -0.4 is 11.1 Å². The van der Waals surface area contributed by atoms with Crippen molar-refractivity contribution in [2.75, 3.05) is 20.6 Å². The monoisotopic (exact) mass is 580 g/mol. The smallest absolute Gasteiger partial charge is 0.255 e. The predicted octanol–water partition coefficient (Wildman–Crippen LogP) is 0.229. The number of rotatable bonds is 6. The fraction of sp³-hybridized carbons (Fsp3) is 0.467. The number of aliphatic hydroxyl groups excluding tert-OH is 2. The summed E-state index contributed by atoms with van der Waals surface area (Å²) in [6, 6.07) is 2.08. The molecule has 1 aromatic rings. The van der Waals surface area contributed by atoms with Gasteiger partial charge in [0.15, 0.2) is 11.4 Å². The number of phenolic OH excluding ortho intramolecular Hbond substituents is 1. The minimum Gasteiger partial charge on any atom is -0.508 e. The lowest BCUT2D eigenvalue weighted by atomic mass is 9.57. The molecule has 224 valence electrons. The lowest BCUT2D eigenvalue weighted by Gasteiger charge is -2.50. The maximum atomic E-state index is 13.9. The van der Waals surface area contributed by atoms with Gasteiger partial charge in [-0.1, -0.05) is 18.2 Å². The normalized spacial score (nSPS) is 30.9. The largest absolute Gasteiger partial charge is 0.508 e. The zero-order valence-corrected chi connectivity index (χ0v) is 23.9. The number of nitrogens with one attached hydrogen (secondary N) is 1. The number of amides is 2. The molecule has 0 radical (unpaired) electrons. The Morgan fingerprint density at radius 3 is 2.36 bits per heavy atom. The van der Waals surface area contributed by atoms with Crippen LogP contribution >= 0.6 is 0 Å². The number of primary amides is 1. The third kappa shape index (κ3) is 4.32. The molecule has 2 unspecified atom stereocenters. The van der Waals surface area contributed by atoms with Gasteiger partial charge in [-0.3, -0.25) is 29.0 Å². The summed E-state index contributed by atoms with van der Waals surface area (Å²) in [6.45, 7) is 4.31. The molecule has 1 aliphatic heterocycles. The first kappa shape index (κ1) is 29.5. The molecule has 1 aromatic carbocycles. The molecule has 1 heterocycles. The van der Waals surface area contributed by atoms with Crippen LogP contribution in [-0.2, 0) is 32.1 Å². The first-order chi connectivity index (χ1) is 19.7. The summed E-state index contributed by atoms with van der Waals surface area (Å²) in [4.78, 5) is 55.6. The number of benzene rings is 1. The van der Waals surface area contributed by atoms with Crippen molar-refractivity contribution in [3.05, 3.63) is 57.9 Å². The zero-order valence-electron chi connectivity index (χ0n) is 23.9. The number of ketones is 2. The van der Waals surface area contributed by atoms with E-state index in [4.69, 9.17) is 5.73 Å². The van der Waals surface area contributed by atoms with Gasteiger partial charge >= 0.3 is 0 Å². The Kier molecular flexibility index (Phi) is 7.28. The van der Waals surface area contributed by atoms with Gasteiger partial charge in [0.2, 0.25) is 11.7 Å². The molecular formula is C30H36N4O8. The van der Waals surface area contributed by atoms with Gasteiger partial charge in [0.05, 0.1) is 18.2 Å². The average Bonchev–Trinajstić information content (AvgIpc) is 3.22. The lowest BCUT2D eigenvalue weighted by molar-refractivity contribution is -0.153. The molecule has 12 heteroatoms. The van der Waals surface area contributed by atoms with Crippen molar-refractivity contribution >= 4 is 29.1 Å². The number of nitrogens with zero attached hydrogens (tertiary/aromatic N) is 2. The number of phenols is 1. The van der Waals surface area contributed by atoms with Crippen LogP contribution in [0.25, 0.3) is 5.76 Å². The molecule has 6 atom stereocenters. The molecular weight excluding hydrogens is 544 g/mol. The van der Waals surface area contributed by atoms with E-state index in [-0.39, 0.29) is 60.8 Å². The van der Waals surface area contributed by atoms with Crippen molar-refractivity contribution in [1.29, 1.82) is 0 Å². The van der Waals surface area contributed by atoms with E-state index in [1.807, 2.05) is 30.9 Å². The number of fused-ring (bicyclic) bond motifs is 3. The van der Waals surface area contributed by atoms with Crippen LogP contribution in [0.2, 0.25) is 0 Å². The summed E-state index contributed by atoms with van der Waals surface area (Å²) in [5, 5.41) is 47.6. The van der Waals surface area contributed by atoms with Crippen LogP contribution in [0, 0.1) is 11.8 Å². The van der Waals surface area contributed by atoms with Crippen LogP contribution in [0.3, 0.4) is 0 Å². The van der Waals surface area contributed by atoms with Crippen LogP contribution in [0.15, 0.2) is 41.2 Å². The summed E-state index contributed by atoms with van der Waals surface area (Å²) in [5.41, 5.74) is 2.72. The van der Waals surface area contributed by atoms with Gasteiger partial charge < -0.3 is 31.5 Å². The number of hydrogen-bond acceptors (Lipinski definition) is 10. The number of aliphatic hydroxyl groups is 3. The van der Waals surface area contributed by atoms with Crippen molar-refractivity contribution in [2.45, 2.75) is 57.0 Å². The highest BCUT2D eigenvalue weighted by Gasteiger charge is 2.64. The van der Waals surface area contributed by atoms with E-state index in [0.717, 1.165) is 0 Å². The fourth-order valence-electron chi connectivity index (χ4n) is 7.09. The first-order valence-electron chi connectivity index (χ1n) is 13.9. The van der Waals surface area contributed by atoms with E-state index >= 15 is 0 Å². The first-order valence-corrected chi connectivity index (χ1v) is 13.9. The Bertz CT molecular complexity index is 1480. The Morgan fingerprint density at radius 1 is 1.12 bits per heavy atom. The minimum absolute atomic E-state index is 0.00897. The molecule has 2 amide bonds. The third-order valence-electron chi connectivity index (χ3n) is 9.22. The number of nitrogens with two attached hydrogens (primary N) is 1. The van der Waals surface area contributed by atoms with Crippen molar-refractivity contribution in [3.8, 4) is 5.75 Å². The molecule has 5 rings (SSSR count). The molecule has 1 saturated carbocycles. The summed E-state index contributed by atoms with van der Waals surface area (Å²) in [5.74, 6) is -7.21. The Labute approximate surface area is 242 Å². The van der Waals surface area contributed by atoms with Crippen molar-refractivity contribution < 1.29 is 39.6 Å². The molecule has 0 aromatic heterocycles. The van der Waals surface area contributed by atoms with Gasteiger partial charge in [0.25, 0.3) is 5.91 Å². The molecule has 4 aliphatic rings. The number of likely N-dealkylation sites (N-methyl/N-ethyl adjacent to an activating group) is 1. The second-order valence-corrected chi connectivity index (χ2v) is 11.9. The Balaban J connectivity index is 1.51. The number of hydrogen-bond donors (Lipinski definition) is 6. The summed E-state index contributed by atoms with van der Waals surface area (Å²) in [6.07, 6.45) is 4.22. The molecule has 0 saturated heterocycles. The van der Waals surface area contributed by atoms with E-state index in [9.17, 15) is 39.6 Å². The number of aromatic hydroxyl groups is 1. The quantitative estimate of drug-likeness (QED) is 0.200. The number of carbonyl (C=O) groups excluding carboxylic acids is 4. The highest BCUT2D eigenvalue weighted by atomic mass is 16.3. The van der Waals surface area contributed by atoms with Crippen molar-refractivity contribution in [3.63, 3.8) is 0 Å². The predicted molar refractivity (Wildman–Crippen MR) is 151 cm³/mol. The molecule has 7 N–H and O–H groups in total. The van der Waals surface area contributed by atoms with Crippen LogP contribution in [0.4, 0.5) is 0 Å². The SMILES string of the molecule is CC1C=CC(C)N1CC(=O)NCc1ccc(O)c2c1C[C@H]1C[C@H]3[C@@H](N(C)C)C(=O)C(C(N)=O)=C(O)[C@@]3(O)C(=O)C1=C2O. The van der Waals surface area contributed by atoms with E-state index in [0.29, 0.717) is 11.1 Å². The topological polar surface area (TPSA) is 194 Å². The zero-order chi connectivity index (χ0) is 30.8. The van der Waals surface area contributed by atoms with Gasteiger partial charge in [-0.15, -0.1) is 0 Å². The molecule has 12 nitrogen and oxygen atoms in total. The third-order valence-corrected chi connectivity index (χ3v) is 9.22. The van der Waals surface area contributed by atoms with Gasteiger partial charge in [-0.2, -0.15) is 0 Å². The van der Waals surface area contributed by atoms with Gasteiger partial charge in [0, 0.05) is 30.1 Å². The maximum Gasteiger partial charge on any atom is 0.255 e. The van der Waals surface area contributed by atoms with Crippen molar-refractivity contribution in [1.82, 2.24) is 15.1 Å². The fourth-order valence-corrected chi connectivity index (χ4v) is 7.09. The van der Waals surface area contributed by atoms with E-state index < -0.39 is 58.0 Å². The molecule has 0 spiro atoms. The standard InChI is InChI=1S/C30H36N4O8/c1-13-5-6-14(2)34(13)12-20(36)32-11-15-7-8-19(35)22-17(15)9-16-10-18-24(33(3)4)26(38)23(29(31)41)28(40)30(18,42)27(39)21(16)25(22)37/h5-8,13-14,16,18,24,35,37,40,42H,9-12H2,1-4H3,(H2,31,41)(H,32,36)/t13?,14?,16-,18-,24+,30-/m0/s1. The van der Waals surface area contributed by atoms with E-state index in [1.165, 1.54) is 11.0 Å². The lowest BCUT2D eigenvalue weighted by Crippen LogP contribution is -2.65. The minimum atomic E-state index is -2.69. The van der Waals surface area contributed by atoms with Crippen LogP contribution in [0.1, 0.15) is 37.0 Å². The van der Waals surface area contributed by atoms with Gasteiger partial charge in [0.1, 0.15) is 22.8 Å². The number of Topliss-reactive ketones (excluding diaryl/α,β-unsaturated/α-hetero) is 2. The molecule has 0 bridgehead atoms. The van der Waals surface area contributed by atoms with Crippen molar-refractivity contribution in [2.24, 2.45) is 17.6 Å². The molecule has 1 fully saturated rings. The van der Waals surface area contributed by atoms with E-state index in [1.54, 1.807) is 20.2 Å². The van der Waals surface area contributed by atoms with Crippen LogP contribution in [-0.4, -0.2) is 98.0 Å². The summed E-state index contributed by atoms with van der Waals surface area (Å²) >= 11 is 0. The number of carbonyl (C=O) groups is 4. The Hall–Kier alpha value is -4.00. The second kappa shape index (κ2) is 10.4. The van der Waals surface area contributed by atoms with E-state index in [2.05, 4.69) is 5.32 Å². The highest BCUT2D eigenvalue weighted by molar-refractivity contribution is 6.24. The Morgan fingerprint density at radius 2 is 1.76 bits per heavy atom. The van der Waals surface area contributed by atoms with Gasteiger partial charge in [-0.25, -0.2) is 0 Å². The highest BCUT2D eigenvalue weighted by Crippen LogP contribution is 2.52. The van der Waals surface area contributed by atoms with Crippen LogP contribution in [0.5, 0.6) is 5.75 Å². The van der Waals surface area contributed by atoms with Gasteiger partial charge in [-0.05, 0) is 63.9 Å². The molecule has 3 aliphatic carbocycles. The second-order valence-electron chi connectivity index (χ2n) is 11.9. The molecule has 42 heavy (non-hydrogen) atoms. The average molecular weight is 581 g/mol. The maximum absolute atomic E-state index is 13.9.